The van der Waals surface area contributed by atoms with E-state index in [-0.39, 0.29) is 5.75 Å². The number of nitrogens with zero attached hydrogens (tertiary/aromatic N) is 3. The van der Waals surface area contributed by atoms with E-state index in [4.69, 9.17) is 0 Å². The fraction of sp³-hybridized carbons (Fsp3) is 0.0588. The Balaban J connectivity index is 1.68. The third-order valence-corrected chi connectivity index (χ3v) is 4.43. The lowest BCUT2D eigenvalue weighted by Gasteiger charge is -1.92. The maximum atomic E-state index is 9.50. The normalized spacial score (nSPS) is 11.9. The maximum Gasteiger partial charge on any atom is 0.117 e. The first-order chi connectivity index (χ1) is 10.7. The van der Waals surface area contributed by atoms with Gasteiger partial charge < -0.3 is 5.11 Å². The Kier molecular flexibility index (Phi) is 2.94. The molecule has 0 fully saturated rings. The van der Waals surface area contributed by atoms with Crippen LogP contribution in [-0.2, 0) is 7.05 Å². The molecule has 2 aromatic heterocycles. The number of hydrogen-bond donors (Lipinski definition) is 1. The molecule has 4 nitrogen and oxygen atoms in total. The Bertz CT molecular complexity index is 1010. The van der Waals surface area contributed by atoms with Gasteiger partial charge in [-0.3, -0.25) is 4.68 Å². The van der Waals surface area contributed by atoms with Crippen molar-refractivity contribution in [2.24, 2.45) is 7.05 Å². The van der Waals surface area contributed by atoms with Gasteiger partial charge in [-0.2, -0.15) is 5.10 Å². The van der Waals surface area contributed by atoms with E-state index in [1.807, 2.05) is 48.3 Å². The predicted molar refractivity (Wildman–Crippen MR) is 90.9 cm³/mol. The van der Waals surface area contributed by atoms with Crippen molar-refractivity contribution in [2.75, 3.05) is 0 Å². The highest BCUT2D eigenvalue weighted by molar-refractivity contribution is 7.19. The molecule has 0 atom stereocenters. The molecule has 0 amide bonds. The standard InChI is InChI=1S/C17H13N3OS/c1-20-10-12-8-11(2-5-14(12)19-20)3-7-17-18-15-6-4-13(21)9-16(15)22-17/h2-10,21H,1H3/b7-3+. The van der Waals surface area contributed by atoms with Crippen molar-refractivity contribution in [2.45, 2.75) is 0 Å². The smallest absolute Gasteiger partial charge is 0.117 e. The number of benzene rings is 2. The number of fused-ring (bicyclic) bond motifs is 2. The summed E-state index contributed by atoms with van der Waals surface area (Å²) in [7, 11) is 1.92. The van der Waals surface area contributed by atoms with Gasteiger partial charge in [0, 0.05) is 18.6 Å². The first kappa shape index (κ1) is 13.0. The SMILES string of the molecule is Cn1cc2cc(/C=C/c3nc4ccc(O)cc4s3)ccc2n1. The zero-order valence-electron chi connectivity index (χ0n) is 11.9. The van der Waals surface area contributed by atoms with Gasteiger partial charge in [0.05, 0.1) is 15.7 Å². The molecule has 2 heterocycles. The first-order valence-electron chi connectivity index (χ1n) is 6.88. The van der Waals surface area contributed by atoms with Gasteiger partial charge in [0.2, 0.25) is 0 Å². The lowest BCUT2D eigenvalue weighted by atomic mass is 10.1. The number of aromatic nitrogens is 3. The summed E-state index contributed by atoms with van der Waals surface area (Å²) in [5.41, 5.74) is 3.02. The summed E-state index contributed by atoms with van der Waals surface area (Å²) in [4.78, 5) is 4.54. The van der Waals surface area contributed by atoms with Crippen LogP contribution < -0.4 is 0 Å². The van der Waals surface area contributed by atoms with E-state index >= 15 is 0 Å². The summed E-state index contributed by atoms with van der Waals surface area (Å²) in [6.07, 6.45) is 6.05. The van der Waals surface area contributed by atoms with Gasteiger partial charge >= 0.3 is 0 Å². The van der Waals surface area contributed by atoms with E-state index in [0.717, 1.165) is 31.7 Å². The van der Waals surface area contributed by atoms with Crippen LogP contribution in [0.2, 0.25) is 0 Å². The largest absolute Gasteiger partial charge is 0.508 e. The Labute approximate surface area is 131 Å². The van der Waals surface area contributed by atoms with Crippen molar-refractivity contribution in [3.8, 4) is 5.75 Å². The topological polar surface area (TPSA) is 50.9 Å². The van der Waals surface area contributed by atoms with Crippen LogP contribution in [0, 0.1) is 0 Å². The number of thiazole rings is 1. The molecule has 0 aliphatic rings. The summed E-state index contributed by atoms with van der Waals surface area (Å²) in [5, 5.41) is 15.9. The number of phenols is 1. The fourth-order valence-electron chi connectivity index (χ4n) is 2.44. The number of rotatable bonds is 2. The Morgan fingerprint density at radius 3 is 2.86 bits per heavy atom. The molecule has 0 bridgehead atoms. The number of phenolic OH excluding ortho intramolecular Hbond substituents is 1. The monoisotopic (exact) mass is 307 g/mol. The van der Waals surface area contributed by atoms with E-state index < -0.39 is 0 Å². The number of hydrogen-bond acceptors (Lipinski definition) is 4. The molecule has 0 saturated heterocycles. The summed E-state index contributed by atoms with van der Waals surface area (Å²) in [5.74, 6) is 0.272. The van der Waals surface area contributed by atoms with Crippen molar-refractivity contribution in [3.05, 3.63) is 53.2 Å². The fourth-order valence-corrected chi connectivity index (χ4v) is 3.34. The lowest BCUT2D eigenvalue weighted by Crippen LogP contribution is -1.84. The minimum absolute atomic E-state index is 0.272. The second-order valence-electron chi connectivity index (χ2n) is 5.16. The molecule has 5 heteroatoms. The van der Waals surface area contributed by atoms with Gasteiger partial charge in [0.25, 0.3) is 0 Å². The van der Waals surface area contributed by atoms with Crippen LogP contribution in [0.25, 0.3) is 33.3 Å². The van der Waals surface area contributed by atoms with Gasteiger partial charge in [-0.1, -0.05) is 12.1 Å². The minimum Gasteiger partial charge on any atom is -0.508 e. The molecule has 108 valence electrons. The molecule has 0 aliphatic heterocycles. The highest BCUT2D eigenvalue weighted by atomic mass is 32.1. The molecule has 0 saturated carbocycles. The van der Waals surface area contributed by atoms with Crippen LogP contribution in [0.4, 0.5) is 0 Å². The second-order valence-corrected chi connectivity index (χ2v) is 6.22. The molecule has 4 aromatic rings. The van der Waals surface area contributed by atoms with Gasteiger partial charge in [-0.25, -0.2) is 4.98 Å². The molecule has 22 heavy (non-hydrogen) atoms. The first-order valence-corrected chi connectivity index (χ1v) is 7.70. The quantitative estimate of drug-likeness (QED) is 0.607. The molecule has 4 rings (SSSR count). The second kappa shape index (κ2) is 4.96. The summed E-state index contributed by atoms with van der Waals surface area (Å²) < 4.78 is 2.81. The lowest BCUT2D eigenvalue weighted by molar-refractivity contribution is 0.476. The maximum absolute atomic E-state index is 9.50. The highest BCUT2D eigenvalue weighted by Crippen LogP contribution is 2.27. The number of aryl methyl sites for hydroxylation is 1. The zero-order chi connectivity index (χ0) is 15.1. The van der Waals surface area contributed by atoms with E-state index in [1.165, 1.54) is 0 Å². The van der Waals surface area contributed by atoms with Crippen LogP contribution in [-0.4, -0.2) is 19.9 Å². The zero-order valence-corrected chi connectivity index (χ0v) is 12.7. The average Bonchev–Trinajstić information content (AvgIpc) is 3.05. The summed E-state index contributed by atoms with van der Waals surface area (Å²) >= 11 is 1.56. The van der Waals surface area contributed by atoms with Crippen LogP contribution >= 0.6 is 11.3 Å². The van der Waals surface area contributed by atoms with Crippen molar-refractivity contribution >= 4 is 44.6 Å². The molecule has 0 aliphatic carbocycles. The molecular formula is C17H13N3OS. The molecule has 1 N–H and O–H groups in total. The van der Waals surface area contributed by atoms with Gasteiger partial charge in [-0.15, -0.1) is 11.3 Å². The number of aromatic hydroxyl groups is 1. The van der Waals surface area contributed by atoms with Gasteiger partial charge in [0.15, 0.2) is 0 Å². The summed E-state index contributed by atoms with van der Waals surface area (Å²) in [6.45, 7) is 0. The molecule has 0 spiro atoms. The molecular weight excluding hydrogens is 294 g/mol. The van der Waals surface area contributed by atoms with Crippen molar-refractivity contribution in [3.63, 3.8) is 0 Å². The van der Waals surface area contributed by atoms with Crippen LogP contribution in [0.5, 0.6) is 5.75 Å². The van der Waals surface area contributed by atoms with Crippen LogP contribution in [0.1, 0.15) is 10.6 Å². The van der Waals surface area contributed by atoms with E-state index in [2.05, 4.69) is 16.1 Å². The molecule has 0 radical (unpaired) electrons. The van der Waals surface area contributed by atoms with Crippen LogP contribution in [0.3, 0.4) is 0 Å². The third kappa shape index (κ3) is 2.35. The third-order valence-electron chi connectivity index (χ3n) is 3.45. The Hall–Kier alpha value is -2.66. The van der Waals surface area contributed by atoms with Crippen molar-refractivity contribution in [1.82, 2.24) is 14.8 Å². The van der Waals surface area contributed by atoms with Crippen molar-refractivity contribution < 1.29 is 5.11 Å². The Morgan fingerprint density at radius 1 is 1.09 bits per heavy atom. The molecule has 2 aromatic carbocycles. The molecule has 0 unspecified atom stereocenters. The predicted octanol–water partition coefficient (Wildman–Crippen LogP) is 4.06. The van der Waals surface area contributed by atoms with Crippen molar-refractivity contribution in [1.29, 1.82) is 0 Å². The van der Waals surface area contributed by atoms with Crippen LogP contribution in [0.15, 0.2) is 42.6 Å². The average molecular weight is 307 g/mol. The van der Waals surface area contributed by atoms with E-state index in [1.54, 1.807) is 23.5 Å². The minimum atomic E-state index is 0.272. The highest BCUT2D eigenvalue weighted by Gasteiger charge is 2.02. The van der Waals surface area contributed by atoms with Gasteiger partial charge in [0.1, 0.15) is 10.8 Å². The van der Waals surface area contributed by atoms with E-state index in [9.17, 15) is 5.11 Å². The van der Waals surface area contributed by atoms with Gasteiger partial charge in [-0.05, 0) is 42.0 Å². The van der Waals surface area contributed by atoms with E-state index in [0.29, 0.717) is 0 Å². The Morgan fingerprint density at radius 2 is 1.95 bits per heavy atom. The summed E-state index contributed by atoms with van der Waals surface area (Å²) in [6, 6.07) is 11.4.